The van der Waals surface area contributed by atoms with Gasteiger partial charge >= 0.3 is 0 Å². The number of nitrogens with one attached hydrogen (secondary N) is 1. The fourth-order valence-electron chi connectivity index (χ4n) is 3.61. The first-order valence-electron chi connectivity index (χ1n) is 9.16. The van der Waals surface area contributed by atoms with Gasteiger partial charge in [0.2, 0.25) is 12.3 Å². The van der Waals surface area contributed by atoms with Crippen molar-refractivity contribution in [3.05, 3.63) is 29.8 Å². The van der Waals surface area contributed by atoms with Crippen LogP contribution in [0.4, 0.5) is 0 Å². The van der Waals surface area contributed by atoms with Gasteiger partial charge in [-0.1, -0.05) is 19.1 Å². The van der Waals surface area contributed by atoms with Crippen LogP contribution in [0.25, 0.3) is 0 Å². The smallest absolute Gasteiger partial charge is 0.226 e. The molecule has 0 aliphatic carbocycles. The van der Waals surface area contributed by atoms with Gasteiger partial charge in [-0.05, 0) is 37.0 Å². The Morgan fingerprint density at radius 3 is 2.56 bits per heavy atom. The van der Waals surface area contributed by atoms with E-state index < -0.39 is 18.1 Å². The molecule has 0 spiro atoms. The molecule has 1 aromatic carbocycles. The summed E-state index contributed by atoms with van der Waals surface area (Å²) < 4.78 is 10.7. The Morgan fingerprint density at radius 1 is 1.30 bits per heavy atom. The molecule has 7 heteroatoms. The fourth-order valence-corrected chi connectivity index (χ4v) is 3.61. The summed E-state index contributed by atoms with van der Waals surface area (Å²) in [6.45, 7) is 2.44. The van der Waals surface area contributed by atoms with Gasteiger partial charge in [-0.3, -0.25) is 9.59 Å². The largest absolute Gasteiger partial charge is 0.497 e. The van der Waals surface area contributed by atoms with Gasteiger partial charge in [0, 0.05) is 13.7 Å². The number of carbonyl (C=O) groups excluding carboxylic acids is 3. The summed E-state index contributed by atoms with van der Waals surface area (Å²) in [5.74, 6) is -0.0117. The maximum absolute atomic E-state index is 12.7. The molecule has 0 unspecified atom stereocenters. The fraction of sp³-hybridized carbons (Fsp3) is 0.550. The molecule has 2 amide bonds. The molecule has 7 nitrogen and oxygen atoms in total. The molecule has 1 heterocycles. The summed E-state index contributed by atoms with van der Waals surface area (Å²) in [5, 5.41) is 2.79. The first-order valence-corrected chi connectivity index (χ1v) is 9.16. The molecule has 1 fully saturated rings. The molecule has 148 valence electrons. The van der Waals surface area contributed by atoms with Crippen molar-refractivity contribution in [2.45, 2.75) is 44.4 Å². The lowest BCUT2D eigenvalue weighted by Gasteiger charge is -2.32. The Hall–Kier alpha value is -2.41. The van der Waals surface area contributed by atoms with Crippen molar-refractivity contribution < 1.29 is 23.9 Å². The molecule has 1 saturated heterocycles. The molecule has 0 bridgehead atoms. The van der Waals surface area contributed by atoms with Crippen LogP contribution < -0.4 is 10.1 Å². The Morgan fingerprint density at radius 2 is 2.00 bits per heavy atom. The van der Waals surface area contributed by atoms with E-state index in [2.05, 4.69) is 5.32 Å². The van der Waals surface area contributed by atoms with Crippen LogP contribution in [-0.2, 0) is 25.5 Å². The predicted molar refractivity (Wildman–Crippen MR) is 100 cm³/mol. The van der Waals surface area contributed by atoms with E-state index in [0.29, 0.717) is 13.0 Å². The number of methoxy groups -OCH3 is 2. The van der Waals surface area contributed by atoms with Crippen molar-refractivity contribution >= 4 is 18.6 Å². The van der Waals surface area contributed by atoms with Gasteiger partial charge in [0.1, 0.15) is 12.0 Å². The number of likely N-dealkylation sites (tertiary alicyclic amines) is 1. The van der Waals surface area contributed by atoms with E-state index in [1.165, 1.54) is 0 Å². The van der Waals surface area contributed by atoms with Crippen LogP contribution in [0.2, 0.25) is 0 Å². The monoisotopic (exact) mass is 376 g/mol. The van der Waals surface area contributed by atoms with E-state index in [1.807, 2.05) is 24.3 Å². The minimum atomic E-state index is -0.628. The quantitative estimate of drug-likeness (QED) is 0.620. The molecule has 1 aliphatic rings. The standard InChI is InChI=1S/C20H28N2O5/c1-14(19(27-3)18-5-4-10-22(18)13-24)20(25)21-16(12-23)11-15-6-8-17(26-2)9-7-15/h6-9,12-14,16,18-19H,4-5,10-11H2,1-3H3,(H,21,25)/t14-,16+,18+,19-/m1/s1. The average Bonchev–Trinajstić information content (AvgIpc) is 3.16. The second-order valence-corrected chi connectivity index (χ2v) is 6.85. The molecule has 2 rings (SSSR count). The Labute approximate surface area is 160 Å². The highest BCUT2D eigenvalue weighted by Crippen LogP contribution is 2.25. The molecule has 0 saturated carbocycles. The van der Waals surface area contributed by atoms with Gasteiger partial charge < -0.3 is 24.5 Å². The summed E-state index contributed by atoms with van der Waals surface area (Å²) in [7, 11) is 3.14. The summed E-state index contributed by atoms with van der Waals surface area (Å²) >= 11 is 0. The van der Waals surface area contributed by atoms with Crippen LogP contribution in [0.3, 0.4) is 0 Å². The van der Waals surface area contributed by atoms with Crippen molar-refractivity contribution in [1.82, 2.24) is 10.2 Å². The van der Waals surface area contributed by atoms with Gasteiger partial charge in [0.05, 0.1) is 31.2 Å². The first-order chi connectivity index (χ1) is 13.0. The number of hydrogen-bond acceptors (Lipinski definition) is 5. The van der Waals surface area contributed by atoms with E-state index in [0.717, 1.165) is 36.9 Å². The zero-order valence-corrected chi connectivity index (χ0v) is 16.1. The maximum Gasteiger partial charge on any atom is 0.226 e. The van der Waals surface area contributed by atoms with Gasteiger partial charge in [0.15, 0.2) is 0 Å². The number of benzene rings is 1. The molecule has 1 aliphatic heterocycles. The van der Waals surface area contributed by atoms with Gasteiger partial charge in [-0.25, -0.2) is 0 Å². The number of aldehydes is 1. The lowest BCUT2D eigenvalue weighted by molar-refractivity contribution is -0.135. The molecule has 0 radical (unpaired) electrons. The third-order valence-corrected chi connectivity index (χ3v) is 5.14. The lowest BCUT2D eigenvalue weighted by atomic mass is 9.94. The van der Waals surface area contributed by atoms with Crippen molar-refractivity contribution in [3.8, 4) is 5.75 Å². The molecule has 1 N–H and O–H groups in total. The SMILES string of the molecule is COc1ccc(C[C@@H](C=O)NC(=O)[C@H](C)[C@@H](OC)[C@@H]2CCCN2C=O)cc1. The minimum Gasteiger partial charge on any atom is -0.497 e. The summed E-state index contributed by atoms with van der Waals surface area (Å²) in [4.78, 5) is 37.0. The average molecular weight is 376 g/mol. The number of nitrogens with zero attached hydrogens (tertiary/aromatic N) is 1. The van der Waals surface area contributed by atoms with Crippen molar-refractivity contribution in [3.63, 3.8) is 0 Å². The van der Waals surface area contributed by atoms with E-state index in [9.17, 15) is 14.4 Å². The summed E-state index contributed by atoms with van der Waals surface area (Å²) in [6, 6.07) is 6.61. The normalized spacial score (nSPS) is 19.8. The second-order valence-electron chi connectivity index (χ2n) is 6.85. The Kier molecular flexibility index (Phi) is 7.79. The summed E-state index contributed by atoms with van der Waals surface area (Å²) in [5.41, 5.74) is 0.923. The van der Waals surface area contributed by atoms with Crippen LogP contribution in [0.5, 0.6) is 5.75 Å². The zero-order chi connectivity index (χ0) is 19.8. The number of hydrogen-bond donors (Lipinski definition) is 1. The molecular weight excluding hydrogens is 348 g/mol. The number of carbonyl (C=O) groups is 3. The van der Waals surface area contributed by atoms with E-state index in [1.54, 1.807) is 26.0 Å². The van der Waals surface area contributed by atoms with Crippen LogP contribution >= 0.6 is 0 Å². The molecule has 27 heavy (non-hydrogen) atoms. The zero-order valence-electron chi connectivity index (χ0n) is 16.1. The van der Waals surface area contributed by atoms with Crippen LogP contribution in [-0.4, -0.2) is 62.5 Å². The Balaban J connectivity index is 1.99. The molecule has 0 aromatic heterocycles. The third-order valence-electron chi connectivity index (χ3n) is 5.14. The van der Waals surface area contributed by atoms with E-state index >= 15 is 0 Å². The highest BCUT2D eigenvalue weighted by Gasteiger charge is 2.37. The van der Waals surface area contributed by atoms with Gasteiger partial charge in [-0.15, -0.1) is 0 Å². The van der Waals surface area contributed by atoms with E-state index in [4.69, 9.17) is 9.47 Å². The van der Waals surface area contributed by atoms with Crippen LogP contribution in [0.1, 0.15) is 25.3 Å². The van der Waals surface area contributed by atoms with Gasteiger partial charge in [-0.2, -0.15) is 0 Å². The second kappa shape index (κ2) is 10.1. The minimum absolute atomic E-state index is 0.121. The van der Waals surface area contributed by atoms with E-state index in [-0.39, 0.29) is 11.9 Å². The molecule has 1 aromatic rings. The molecule has 4 atom stereocenters. The van der Waals surface area contributed by atoms with Crippen molar-refractivity contribution in [2.24, 2.45) is 5.92 Å². The first kappa shape index (κ1) is 20.9. The molecular formula is C20H28N2O5. The van der Waals surface area contributed by atoms with Crippen LogP contribution in [0.15, 0.2) is 24.3 Å². The predicted octanol–water partition coefficient (Wildman–Crippen LogP) is 1.19. The number of rotatable bonds is 10. The van der Waals surface area contributed by atoms with Crippen molar-refractivity contribution in [1.29, 1.82) is 0 Å². The third kappa shape index (κ3) is 5.29. The highest BCUT2D eigenvalue weighted by atomic mass is 16.5. The topological polar surface area (TPSA) is 84.9 Å². The van der Waals surface area contributed by atoms with Crippen molar-refractivity contribution in [2.75, 3.05) is 20.8 Å². The number of amides is 2. The Bertz CT molecular complexity index is 634. The van der Waals surface area contributed by atoms with Crippen LogP contribution in [0, 0.1) is 5.92 Å². The highest BCUT2D eigenvalue weighted by molar-refractivity contribution is 5.82. The lowest BCUT2D eigenvalue weighted by Crippen LogP contribution is -2.49. The summed E-state index contributed by atoms with van der Waals surface area (Å²) in [6.07, 6.45) is 3.24. The van der Waals surface area contributed by atoms with Gasteiger partial charge in [0.25, 0.3) is 0 Å². The number of ether oxygens (including phenoxy) is 2. The maximum atomic E-state index is 12.7.